The lowest BCUT2D eigenvalue weighted by Crippen LogP contribution is -1.64. The van der Waals surface area contributed by atoms with Gasteiger partial charge in [0.15, 0.2) is 6.33 Å². The van der Waals surface area contributed by atoms with Gasteiger partial charge in [-0.05, 0) is 12.1 Å². The van der Waals surface area contributed by atoms with Crippen molar-refractivity contribution in [2.45, 2.75) is 0 Å². The summed E-state index contributed by atoms with van der Waals surface area (Å²) in [5, 5.41) is 25.1. The van der Waals surface area contributed by atoms with Crippen LogP contribution in [-0.4, -0.2) is 61.0 Å². The van der Waals surface area contributed by atoms with E-state index in [1.807, 2.05) is 18.2 Å². The van der Waals surface area contributed by atoms with E-state index in [1.165, 1.54) is 30.3 Å². The number of tetrazole rings is 1. The van der Waals surface area contributed by atoms with Gasteiger partial charge in [0.05, 0.1) is 6.33 Å². The van der Waals surface area contributed by atoms with Crippen LogP contribution in [0, 0.1) is 0 Å². The minimum Gasteiger partial charge on any atom is -0.351 e. The van der Waals surface area contributed by atoms with E-state index in [9.17, 15) is 0 Å². The highest BCUT2D eigenvalue weighted by Crippen LogP contribution is 1.80. The fraction of sp³-hybridized carbons (Fsp3) is 0. The summed E-state index contributed by atoms with van der Waals surface area (Å²) in [5.74, 6) is 0. The van der Waals surface area contributed by atoms with E-state index in [0.717, 1.165) is 0 Å². The van der Waals surface area contributed by atoms with Gasteiger partial charge in [-0.1, -0.05) is 11.3 Å². The molecule has 5 aromatic heterocycles. The normalized spacial score (nSPS) is 8.00. The maximum Gasteiger partial charge on any atom is 0.161 e. The lowest BCUT2D eigenvalue weighted by Gasteiger charge is -1.70. The molecule has 0 aromatic carbocycles. The van der Waals surface area contributed by atoms with Gasteiger partial charge >= 0.3 is 0 Å². The number of aromatic amines is 3. The molecule has 0 spiro atoms. The first-order valence-corrected chi connectivity index (χ1v) is 7.86. The fourth-order valence-electron chi connectivity index (χ4n) is 0.960. The first-order chi connectivity index (χ1) is 13.0. The van der Waals surface area contributed by atoms with Crippen LogP contribution in [0.1, 0.15) is 0 Å². The van der Waals surface area contributed by atoms with Crippen LogP contribution in [0.15, 0.2) is 79.3 Å². The molecule has 5 aromatic rings. The maximum absolute atomic E-state index is 3.78. The molecule has 0 unspecified atom stereocenters. The molecule has 0 saturated heterocycles. The highest BCUT2D eigenvalue weighted by Gasteiger charge is 1.61. The number of nitrogens with one attached hydrogen (secondary N) is 3. The van der Waals surface area contributed by atoms with E-state index in [2.05, 4.69) is 61.0 Å². The van der Waals surface area contributed by atoms with Crippen LogP contribution in [0.25, 0.3) is 0 Å². The van der Waals surface area contributed by atoms with Crippen molar-refractivity contribution in [2.75, 3.05) is 0 Å². The van der Waals surface area contributed by atoms with Crippen molar-refractivity contribution in [1.29, 1.82) is 0 Å². The van der Waals surface area contributed by atoms with Gasteiger partial charge in [-0.3, -0.25) is 10.1 Å². The molecular weight excluding hydrogens is 356 g/mol. The van der Waals surface area contributed by atoms with Crippen LogP contribution in [0.4, 0.5) is 0 Å². The van der Waals surface area contributed by atoms with E-state index in [1.54, 1.807) is 42.1 Å². The Hall–Kier alpha value is -3.87. The number of H-pyrrole nitrogens is 3. The molecular formula is C13H16N12S. The lowest BCUT2D eigenvalue weighted by molar-refractivity contribution is 0.881. The van der Waals surface area contributed by atoms with Gasteiger partial charge in [0.1, 0.15) is 23.7 Å². The number of pyridine rings is 1. The molecule has 5 heterocycles. The van der Waals surface area contributed by atoms with Crippen LogP contribution < -0.4 is 0 Å². The van der Waals surface area contributed by atoms with E-state index >= 15 is 0 Å². The molecule has 0 radical (unpaired) electrons. The molecule has 0 atom stereocenters. The third-order valence-electron chi connectivity index (χ3n) is 1.86. The molecule has 0 aliphatic heterocycles. The average molecular weight is 372 g/mol. The molecule has 5 rings (SSSR count). The van der Waals surface area contributed by atoms with Crippen LogP contribution in [0.5, 0.6) is 0 Å². The van der Waals surface area contributed by atoms with Gasteiger partial charge in [-0.15, -0.1) is 31.7 Å². The van der Waals surface area contributed by atoms with E-state index in [0.29, 0.717) is 0 Å². The number of hydrogen-bond acceptors (Lipinski definition) is 10. The number of hydrogen-bond donors (Lipinski definition) is 3. The second kappa shape index (κ2) is 17.5. The summed E-state index contributed by atoms with van der Waals surface area (Å²) in [6.07, 6.45) is 12.9. The molecule has 0 saturated carbocycles. The summed E-state index contributed by atoms with van der Waals surface area (Å²) < 4.78 is 0. The minimum absolute atomic E-state index is 1.33. The molecule has 0 fully saturated rings. The van der Waals surface area contributed by atoms with Gasteiger partial charge in [-0.25, -0.2) is 9.97 Å². The topological polar surface area (TPSA) is 163 Å². The smallest absolute Gasteiger partial charge is 0.161 e. The Morgan fingerprint density at radius 1 is 0.692 bits per heavy atom. The highest BCUT2D eigenvalue weighted by molar-refractivity contribution is 7.07. The molecule has 0 aliphatic rings. The summed E-state index contributed by atoms with van der Waals surface area (Å²) in [6.45, 7) is 0. The van der Waals surface area contributed by atoms with Crippen molar-refractivity contribution in [3.63, 3.8) is 0 Å². The summed E-state index contributed by atoms with van der Waals surface area (Å²) >= 11 is 1.49. The van der Waals surface area contributed by atoms with Crippen molar-refractivity contribution in [3.05, 3.63) is 79.3 Å². The zero-order chi connectivity index (χ0) is 18.4. The molecule has 0 bridgehead atoms. The third-order valence-corrected chi connectivity index (χ3v) is 2.29. The van der Waals surface area contributed by atoms with E-state index in [-0.39, 0.29) is 0 Å². The van der Waals surface area contributed by atoms with Gasteiger partial charge in [-0.2, -0.15) is 10.3 Å². The number of nitrogens with zero attached hydrogens (tertiary/aromatic N) is 9. The van der Waals surface area contributed by atoms with Gasteiger partial charge in [0.25, 0.3) is 0 Å². The fourth-order valence-corrected chi connectivity index (χ4v) is 1.23. The second-order valence-electron chi connectivity index (χ2n) is 3.57. The van der Waals surface area contributed by atoms with Crippen LogP contribution in [-0.2, 0) is 0 Å². The zero-order valence-corrected chi connectivity index (χ0v) is 14.3. The molecule has 3 N–H and O–H groups in total. The zero-order valence-electron chi connectivity index (χ0n) is 13.4. The van der Waals surface area contributed by atoms with E-state index in [4.69, 9.17) is 0 Å². The lowest BCUT2D eigenvalue weighted by atomic mass is 10.5. The summed E-state index contributed by atoms with van der Waals surface area (Å²) in [6, 6.07) is 5.72. The summed E-state index contributed by atoms with van der Waals surface area (Å²) in [5.41, 5.74) is 3.36. The van der Waals surface area contributed by atoms with Gasteiger partial charge in [0, 0.05) is 24.8 Å². The number of imidazole rings is 1. The number of rotatable bonds is 0. The monoisotopic (exact) mass is 372 g/mol. The highest BCUT2D eigenvalue weighted by atomic mass is 32.1. The largest absolute Gasteiger partial charge is 0.351 e. The summed E-state index contributed by atoms with van der Waals surface area (Å²) in [4.78, 5) is 13.8. The van der Waals surface area contributed by atoms with E-state index < -0.39 is 0 Å². The van der Waals surface area contributed by atoms with Crippen LogP contribution in [0.3, 0.4) is 0 Å². The first kappa shape index (κ1) is 20.2. The predicted octanol–water partition coefficient (Wildman–Crippen LogP) is 1.03. The molecule has 26 heavy (non-hydrogen) atoms. The van der Waals surface area contributed by atoms with Gasteiger partial charge < -0.3 is 4.98 Å². The molecule has 12 nitrogen and oxygen atoms in total. The molecule has 0 amide bonds. The Morgan fingerprint density at radius 2 is 1.54 bits per heavy atom. The van der Waals surface area contributed by atoms with Crippen LogP contribution >= 0.6 is 11.3 Å². The first-order valence-electron chi connectivity index (χ1n) is 6.92. The average Bonchev–Trinajstić information content (AvgIpc) is 3.56. The quantitative estimate of drug-likeness (QED) is 0.360. The Morgan fingerprint density at radius 3 is 1.73 bits per heavy atom. The number of aromatic nitrogens is 12. The van der Waals surface area contributed by atoms with Crippen molar-refractivity contribution >= 4 is 11.3 Å². The van der Waals surface area contributed by atoms with Gasteiger partial charge in [0.2, 0.25) is 0 Å². The molecule has 134 valence electrons. The Kier molecular flexibility index (Phi) is 13.6. The molecule has 13 heteroatoms. The van der Waals surface area contributed by atoms with Crippen molar-refractivity contribution in [3.8, 4) is 0 Å². The minimum atomic E-state index is 1.33. The van der Waals surface area contributed by atoms with Crippen molar-refractivity contribution < 1.29 is 0 Å². The van der Waals surface area contributed by atoms with Crippen molar-refractivity contribution in [2.24, 2.45) is 0 Å². The summed E-state index contributed by atoms with van der Waals surface area (Å²) in [7, 11) is 0. The Labute approximate surface area is 152 Å². The third kappa shape index (κ3) is 15.0. The Bertz CT molecular complexity index is 540. The second-order valence-corrected chi connectivity index (χ2v) is 4.27. The predicted molar refractivity (Wildman–Crippen MR) is 93.3 cm³/mol. The Balaban J connectivity index is 0.000000163. The maximum atomic E-state index is 3.78. The standard InChI is InChI=1S/C5H5N.C3H4N2.C2H3N3.C2H2N2S.CH2N4/c1-2-4-6-5-3-1;1-2-5-3-4-1;1-3-2-5-4-1;1-3-4-2-5-1;1-2-4-5-3-1/h1-5H;1-3H,(H,4,5);1-2H,(H,3,4,5);1-2H;1H,(H,2,3,4,5). The van der Waals surface area contributed by atoms with Crippen molar-refractivity contribution in [1.82, 2.24) is 61.0 Å². The van der Waals surface area contributed by atoms with Crippen LogP contribution in [0.2, 0.25) is 0 Å². The SMILES string of the molecule is c1c[nH]cn1.c1ccncc1.c1nc[nH]n1.c1nn[nH]n1.c1nncs1. The molecule has 0 aliphatic carbocycles.